The molecule has 4 heteroatoms. The van der Waals surface area contributed by atoms with E-state index in [1.807, 2.05) is 17.5 Å². The number of carbonyl (C=O) groups excluding carboxylic acids is 1. The van der Waals surface area contributed by atoms with Gasteiger partial charge in [-0.25, -0.2) is 0 Å². The van der Waals surface area contributed by atoms with Gasteiger partial charge < -0.3 is 10.2 Å². The second-order valence-electron chi connectivity index (χ2n) is 4.83. The Kier molecular flexibility index (Phi) is 5.84. The van der Waals surface area contributed by atoms with Crippen LogP contribution in [0.2, 0.25) is 0 Å². The highest BCUT2D eigenvalue weighted by atomic mass is 32.1. The molecule has 18 heavy (non-hydrogen) atoms. The lowest BCUT2D eigenvalue weighted by molar-refractivity contribution is 0.0995. The van der Waals surface area contributed by atoms with Crippen LogP contribution in [0.25, 0.3) is 0 Å². The summed E-state index contributed by atoms with van der Waals surface area (Å²) in [7, 11) is 0. The topological polar surface area (TPSA) is 32.3 Å². The number of Topliss-reactive ketones (excluding diaryl/α,β-unsaturated/α-hetero) is 1. The van der Waals surface area contributed by atoms with E-state index in [0.29, 0.717) is 6.54 Å². The van der Waals surface area contributed by atoms with Crippen molar-refractivity contribution in [1.82, 2.24) is 10.2 Å². The first-order valence-corrected chi connectivity index (χ1v) is 7.74. The largest absolute Gasteiger partial charge is 0.310 e. The third kappa shape index (κ3) is 4.52. The molecule has 1 aliphatic heterocycles. The number of unbranched alkanes of at least 4 members (excludes halogenated alkanes) is 1. The van der Waals surface area contributed by atoms with Gasteiger partial charge in [-0.3, -0.25) is 4.79 Å². The molecule has 0 bridgehead atoms. The van der Waals surface area contributed by atoms with E-state index in [-0.39, 0.29) is 5.78 Å². The Morgan fingerprint density at radius 2 is 2.17 bits per heavy atom. The van der Waals surface area contributed by atoms with Gasteiger partial charge >= 0.3 is 0 Å². The van der Waals surface area contributed by atoms with Crippen molar-refractivity contribution < 1.29 is 4.79 Å². The summed E-state index contributed by atoms with van der Waals surface area (Å²) in [6, 6.07) is 3.82. The summed E-state index contributed by atoms with van der Waals surface area (Å²) in [4.78, 5) is 15.1. The molecule has 1 aromatic rings. The van der Waals surface area contributed by atoms with Crippen molar-refractivity contribution in [3.05, 3.63) is 22.4 Å². The van der Waals surface area contributed by atoms with E-state index >= 15 is 0 Å². The molecule has 0 aliphatic carbocycles. The normalized spacial score (nSPS) is 16.2. The molecule has 1 saturated heterocycles. The highest BCUT2D eigenvalue weighted by Gasteiger charge is 2.10. The zero-order valence-corrected chi connectivity index (χ0v) is 11.7. The highest BCUT2D eigenvalue weighted by Crippen LogP contribution is 2.09. The maximum atomic E-state index is 11.7. The first kappa shape index (κ1) is 13.7. The van der Waals surface area contributed by atoms with Gasteiger partial charge in [-0.05, 0) is 63.3 Å². The molecule has 0 radical (unpaired) electrons. The van der Waals surface area contributed by atoms with Gasteiger partial charge in [0.2, 0.25) is 0 Å². The van der Waals surface area contributed by atoms with Gasteiger partial charge in [0.25, 0.3) is 0 Å². The summed E-state index contributed by atoms with van der Waals surface area (Å²) in [6.45, 7) is 5.21. The summed E-state index contributed by atoms with van der Waals surface area (Å²) in [5, 5.41) is 5.19. The Morgan fingerprint density at radius 1 is 1.33 bits per heavy atom. The van der Waals surface area contributed by atoms with Gasteiger partial charge in [-0.1, -0.05) is 6.07 Å². The minimum Gasteiger partial charge on any atom is -0.310 e. The summed E-state index contributed by atoms with van der Waals surface area (Å²) in [6.07, 6.45) is 5.13. The van der Waals surface area contributed by atoms with E-state index < -0.39 is 0 Å². The molecule has 3 nitrogen and oxygen atoms in total. The molecule has 100 valence electrons. The molecule has 1 aromatic heterocycles. The van der Waals surface area contributed by atoms with Gasteiger partial charge in [0.05, 0.1) is 11.4 Å². The number of likely N-dealkylation sites (tertiary alicyclic amines) is 1. The second kappa shape index (κ2) is 7.67. The molecule has 1 aliphatic rings. The molecule has 2 rings (SSSR count). The summed E-state index contributed by atoms with van der Waals surface area (Å²) >= 11 is 1.52. The number of carbonyl (C=O) groups is 1. The Hall–Kier alpha value is -0.710. The molecule has 0 spiro atoms. The van der Waals surface area contributed by atoms with E-state index in [4.69, 9.17) is 0 Å². The average molecular weight is 266 g/mol. The first-order chi connectivity index (χ1) is 8.86. The van der Waals surface area contributed by atoms with Gasteiger partial charge in [0, 0.05) is 0 Å². The maximum absolute atomic E-state index is 11.7. The van der Waals surface area contributed by atoms with Gasteiger partial charge in [-0.2, -0.15) is 0 Å². The van der Waals surface area contributed by atoms with E-state index in [1.165, 1.54) is 50.2 Å². The Balaban J connectivity index is 1.47. The van der Waals surface area contributed by atoms with Crippen LogP contribution in [0.1, 0.15) is 35.4 Å². The van der Waals surface area contributed by atoms with Crippen LogP contribution in [0, 0.1) is 0 Å². The number of nitrogens with zero attached hydrogens (tertiary/aromatic N) is 1. The average Bonchev–Trinajstić information content (AvgIpc) is 3.05. The Bertz CT molecular complexity index is 345. The molecule has 2 heterocycles. The van der Waals surface area contributed by atoms with E-state index in [2.05, 4.69) is 10.2 Å². The predicted octanol–water partition coefficient (Wildman–Crippen LogP) is 2.40. The smallest absolute Gasteiger partial charge is 0.186 e. The third-order valence-corrected chi connectivity index (χ3v) is 4.27. The van der Waals surface area contributed by atoms with Crippen molar-refractivity contribution in [2.24, 2.45) is 0 Å². The van der Waals surface area contributed by atoms with Crippen LogP contribution < -0.4 is 5.32 Å². The van der Waals surface area contributed by atoms with E-state index in [1.54, 1.807) is 0 Å². The molecule has 1 fully saturated rings. The highest BCUT2D eigenvalue weighted by molar-refractivity contribution is 7.12. The van der Waals surface area contributed by atoms with Crippen molar-refractivity contribution in [2.45, 2.75) is 25.7 Å². The van der Waals surface area contributed by atoms with Crippen LogP contribution in [-0.4, -0.2) is 43.4 Å². The maximum Gasteiger partial charge on any atom is 0.186 e. The summed E-state index contributed by atoms with van der Waals surface area (Å²) in [5.74, 6) is 0.213. The third-order valence-electron chi connectivity index (χ3n) is 3.36. The van der Waals surface area contributed by atoms with E-state index in [9.17, 15) is 4.79 Å². The number of hydrogen-bond acceptors (Lipinski definition) is 4. The van der Waals surface area contributed by atoms with Crippen LogP contribution >= 0.6 is 11.3 Å². The summed E-state index contributed by atoms with van der Waals surface area (Å²) in [5.41, 5.74) is 0. The lowest BCUT2D eigenvalue weighted by Gasteiger charge is -2.13. The SMILES string of the molecule is O=C(CNCCCCN1CCCC1)c1cccs1. The fourth-order valence-electron chi connectivity index (χ4n) is 2.32. The lowest BCUT2D eigenvalue weighted by Crippen LogP contribution is -2.25. The number of nitrogens with one attached hydrogen (secondary N) is 1. The fourth-order valence-corrected chi connectivity index (χ4v) is 2.98. The number of hydrogen-bond donors (Lipinski definition) is 1. The monoisotopic (exact) mass is 266 g/mol. The Labute approximate surface area is 113 Å². The fraction of sp³-hybridized carbons (Fsp3) is 0.643. The van der Waals surface area contributed by atoms with Crippen molar-refractivity contribution in [3.8, 4) is 0 Å². The van der Waals surface area contributed by atoms with Crippen LogP contribution in [0.5, 0.6) is 0 Å². The van der Waals surface area contributed by atoms with Gasteiger partial charge in [-0.15, -0.1) is 11.3 Å². The van der Waals surface area contributed by atoms with Gasteiger partial charge in [0.1, 0.15) is 0 Å². The van der Waals surface area contributed by atoms with Crippen molar-refractivity contribution in [1.29, 1.82) is 0 Å². The molecule has 0 unspecified atom stereocenters. The van der Waals surface area contributed by atoms with E-state index in [0.717, 1.165) is 17.8 Å². The second-order valence-corrected chi connectivity index (χ2v) is 5.78. The predicted molar refractivity (Wildman–Crippen MR) is 76.4 cm³/mol. The van der Waals surface area contributed by atoms with Crippen LogP contribution in [0.3, 0.4) is 0 Å². The number of ketones is 1. The lowest BCUT2D eigenvalue weighted by atomic mass is 10.2. The molecule has 1 N–H and O–H groups in total. The zero-order chi connectivity index (χ0) is 12.6. The van der Waals surface area contributed by atoms with Crippen LogP contribution in [0.4, 0.5) is 0 Å². The molecule has 0 amide bonds. The van der Waals surface area contributed by atoms with Crippen LogP contribution in [0.15, 0.2) is 17.5 Å². The van der Waals surface area contributed by atoms with Crippen molar-refractivity contribution in [3.63, 3.8) is 0 Å². The van der Waals surface area contributed by atoms with Crippen molar-refractivity contribution in [2.75, 3.05) is 32.7 Å². The zero-order valence-electron chi connectivity index (χ0n) is 10.9. The quantitative estimate of drug-likeness (QED) is 0.579. The number of rotatable bonds is 8. The Morgan fingerprint density at radius 3 is 2.89 bits per heavy atom. The van der Waals surface area contributed by atoms with Crippen LogP contribution in [-0.2, 0) is 0 Å². The molecule has 0 saturated carbocycles. The molecular formula is C14H22N2OS. The van der Waals surface area contributed by atoms with Gasteiger partial charge in [0.15, 0.2) is 5.78 Å². The summed E-state index contributed by atoms with van der Waals surface area (Å²) < 4.78 is 0. The molecular weight excluding hydrogens is 244 g/mol. The van der Waals surface area contributed by atoms with Crippen molar-refractivity contribution >= 4 is 17.1 Å². The number of thiophene rings is 1. The molecule has 0 aromatic carbocycles. The minimum absolute atomic E-state index is 0.213. The first-order valence-electron chi connectivity index (χ1n) is 6.86. The molecule has 0 atom stereocenters. The minimum atomic E-state index is 0.213. The standard InChI is InChI=1S/C14H22N2OS/c17-13(14-6-5-11-18-14)12-15-7-1-2-8-16-9-3-4-10-16/h5-6,11,15H,1-4,7-10,12H2.